The first-order chi connectivity index (χ1) is 8.01. The summed E-state index contributed by atoms with van der Waals surface area (Å²) in [6, 6.07) is 0.907. The number of anilines is 1. The quantitative estimate of drug-likeness (QED) is 0.410. The summed E-state index contributed by atoms with van der Waals surface area (Å²) < 4.78 is 61.2. The van der Waals surface area contributed by atoms with Crippen LogP contribution in [-0.2, 0) is 20.2 Å². The van der Waals surface area contributed by atoms with Gasteiger partial charge in [-0.05, 0) is 18.2 Å². The molecule has 1 rings (SSSR count). The van der Waals surface area contributed by atoms with Gasteiger partial charge in [0.15, 0.2) is 0 Å². The van der Waals surface area contributed by atoms with Crippen molar-refractivity contribution in [2.75, 3.05) is 5.32 Å². The summed E-state index contributed by atoms with van der Waals surface area (Å²) in [5, 5.41) is 1.82. The zero-order valence-corrected chi connectivity index (χ0v) is 10.2. The molecule has 0 spiro atoms. The Morgan fingerprint density at radius 1 is 1.11 bits per heavy atom. The number of carbonyl (C=O) groups excluding carboxylic acids is 1. The zero-order valence-electron chi connectivity index (χ0n) is 8.56. The maximum absolute atomic E-state index is 10.9. The van der Waals surface area contributed by atoms with E-state index in [9.17, 15) is 21.6 Å². The van der Waals surface area contributed by atoms with Crippen LogP contribution in [0.15, 0.2) is 28.0 Å². The first-order valence-electron chi connectivity index (χ1n) is 4.17. The van der Waals surface area contributed by atoms with Gasteiger partial charge in [0.1, 0.15) is 4.90 Å². The van der Waals surface area contributed by atoms with E-state index in [-0.39, 0.29) is 29.6 Å². The van der Waals surface area contributed by atoms with E-state index >= 15 is 0 Å². The van der Waals surface area contributed by atoms with Gasteiger partial charge in [-0.3, -0.25) is 9.11 Å². The standard InChI is InChI=1S/C7H8N2O7S2.Na.H/c8-7(10)9-5-3-4(17(11,12)13)1-2-6(5)18(14,15)16;;/h1-3H,(H3,8,9,10)(H,11,12,13)(H,14,15,16);;. The van der Waals surface area contributed by atoms with Gasteiger partial charge in [0, 0.05) is 0 Å². The molecule has 0 atom stereocenters. The molecule has 0 aliphatic rings. The zero-order chi connectivity index (χ0) is 14.1. The van der Waals surface area contributed by atoms with E-state index in [2.05, 4.69) is 0 Å². The molecule has 19 heavy (non-hydrogen) atoms. The number of nitrogens with one attached hydrogen (secondary N) is 1. The first-order valence-corrected chi connectivity index (χ1v) is 7.05. The van der Waals surface area contributed by atoms with Crippen molar-refractivity contribution in [1.29, 1.82) is 0 Å². The van der Waals surface area contributed by atoms with E-state index in [4.69, 9.17) is 14.8 Å². The topological polar surface area (TPSA) is 164 Å². The van der Waals surface area contributed by atoms with E-state index in [1.165, 1.54) is 0 Å². The SMILES string of the molecule is NC(=O)Nc1cc(S(=O)(=O)O)ccc1S(=O)(=O)O.[NaH]. The van der Waals surface area contributed by atoms with Gasteiger partial charge in [0.2, 0.25) is 0 Å². The van der Waals surface area contributed by atoms with Crippen LogP contribution in [0.4, 0.5) is 10.5 Å². The summed E-state index contributed by atoms with van der Waals surface area (Å²) in [6.07, 6.45) is 0. The van der Waals surface area contributed by atoms with Crippen LogP contribution in [0.2, 0.25) is 0 Å². The fourth-order valence-corrected chi connectivity index (χ4v) is 2.26. The van der Waals surface area contributed by atoms with Crippen LogP contribution < -0.4 is 11.1 Å². The molecule has 0 radical (unpaired) electrons. The van der Waals surface area contributed by atoms with Crippen molar-refractivity contribution in [3.05, 3.63) is 18.2 Å². The Hall–Kier alpha value is -0.690. The van der Waals surface area contributed by atoms with Gasteiger partial charge in [-0.2, -0.15) is 16.8 Å². The van der Waals surface area contributed by atoms with Crippen LogP contribution in [0.25, 0.3) is 0 Å². The van der Waals surface area contributed by atoms with Gasteiger partial charge in [0.25, 0.3) is 20.2 Å². The molecule has 0 aliphatic carbocycles. The van der Waals surface area contributed by atoms with Crippen molar-refractivity contribution in [3.8, 4) is 0 Å². The van der Waals surface area contributed by atoms with Gasteiger partial charge in [-0.25, -0.2) is 4.79 Å². The molecule has 0 unspecified atom stereocenters. The monoisotopic (exact) mass is 320 g/mol. The second-order valence-corrected chi connectivity index (χ2v) is 5.91. The van der Waals surface area contributed by atoms with E-state index < -0.39 is 41.7 Å². The van der Waals surface area contributed by atoms with Crippen LogP contribution in [0.1, 0.15) is 0 Å². The number of benzene rings is 1. The van der Waals surface area contributed by atoms with Crippen molar-refractivity contribution in [3.63, 3.8) is 0 Å². The van der Waals surface area contributed by atoms with Crippen molar-refractivity contribution in [2.45, 2.75) is 9.79 Å². The number of primary amides is 1. The van der Waals surface area contributed by atoms with Crippen molar-refractivity contribution in [1.82, 2.24) is 0 Å². The Labute approximate surface area is 131 Å². The Morgan fingerprint density at radius 3 is 2.00 bits per heavy atom. The first kappa shape index (κ1) is 18.3. The number of nitrogens with two attached hydrogens (primary N) is 1. The molecule has 1 aromatic carbocycles. The van der Waals surface area contributed by atoms with E-state index in [0.29, 0.717) is 12.1 Å². The molecule has 0 saturated carbocycles. The Balaban J connectivity index is 0.00000324. The minimum absolute atomic E-state index is 0. The summed E-state index contributed by atoms with van der Waals surface area (Å²) in [6.45, 7) is 0. The second-order valence-electron chi connectivity index (χ2n) is 3.10. The Bertz CT molecular complexity index is 698. The molecular weight excluding hydrogens is 311 g/mol. The summed E-state index contributed by atoms with van der Waals surface area (Å²) in [7, 11) is -9.28. The number of rotatable bonds is 3. The third kappa shape index (κ3) is 5.06. The molecule has 0 aliphatic heterocycles. The molecule has 1 aromatic rings. The van der Waals surface area contributed by atoms with E-state index in [0.717, 1.165) is 6.07 Å². The molecule has 0 bridgehead atoms. The molecular formula is C7H9N2NaO7S2. The summed E-state index contributed by atoms with van der Waals surface area (Å²) in [4.78, 5) is 9.21. The van der Waals surface area contributed by atoms with Gasteiger partial charge in [0.05, 0.1) is 10.6 Å². The minimum atomic E-state index is -4.69. The van der Waals surface area contributed by atoms with Crippen molar-refractivity contribution >= 4 is 61.5 Å². The molecule has 2 amide bonds. The average molecular weight is 320 g/mol. The van der Waals surface area contributed by atoms with E-state index in [1.54, 1.807) is 0 Å². The molecule has 0 saturated heterocycles. The predicted molar refractivity (Wildman–Crippen MR) is 66.4 cm³/mol. The van der Waals surface area contributed by atoms with Crippen LogP contribution in [0.3, 0.4) is 0 Å². The van der Waals surface area contributed by atoms with Crippen LogP contribution >= 0.6 is 0 Å². The van der Waals surface area contributed by atoms with Crippen LogP contribution in [-0.4, -0.2) is 61.5 Å². The number of hydrogen-bond acceptors (Lipinski definition) is 5. The van der Waals surface area contributed by atoms with Gasteiger partial charge in [-0.15, -0.1) is 0 Å². The number of hydrogen-bond donors (Lipinski definition) is 4. The second kappa shape index (κ2) is 6.17. The number of urea groups is 1. The van der Waals surface area contributed by atoms with Gasteiger partial charge < -0.3 is 11.1 Å². The number of amides is 2. The van der Waals surface area contributed by atoms with Gasteiger partial charge in [-0.1, -0.05) is 0 Å². The summed E-state index contributed by atoms with van der Waals surface area (Å²) >= 11 is 0. The van der Waals surface area contributed by atoms with Crippen molar-refractivity contribution < 1.29 is 30.7 Å². The Morgan fingerprint density at radius 2 is 1.63 bits per heavy atom. The molecule has 102 valence electrons. The fourth-order valence-electron chi connectivity index (χ4n) is 1.12. The third-order valence-electron chi connectivity index (χ3n) is 1.78. The Kier molecular flexibility index (Phi) is 5.95. The fraction of sp³-hybridized carbons (Fsp3) is 0. The molecule has 0 aromatic heterocycles. The van der Waals surface area contributed by atoms with Crippen LogP contribution in [0, 0.1) is 0 Å². The van der Waals surface area contributed by atoms with Gasteiger partial charge >= 0.3 is 35.6 Å². The normalized spacial score (nSPS) is 11.5. The molecule has 9 nitrogen and oxygen atoms in total. The summed E-state index contributed by atoms with van der Waals surface area (Å²) in [5.74, 6) is 0. The maximum atomic E-state index is 10.9. The molecule has 0 heterocycles. The molecule has 0 fully saturated rings. The average Bonchev–Trinajstić information content (AvgIpc) is 2.13. The van der Waals surface area contributed by atoms with E-state index in [1.807, 2.05) is 5.32 Å². The third-order valence-corrected chi connectivity index (χ3v) is 3.55. The molecule has 12 heteroatoms. The molecule has 5 N–H and O–H groups in total. The summed E-state index contributed by atoms with van der Waals surface area (Å²) in [5.41, 5.74) is 4.19. The number of carbonyl (C=O) groups is 1. The van der Waals surface area contributed by atoms with Crippen LogP contribution in [0.5, 0.6) is 0 Å². The van der Waals surface area contributed by atoms with Crippen molar-refractivity contribution in [2.24, 2.45) is 5.73 Å². The predicted octanol–water partition coefficient (Wildman–Crippen LogP) is -0.978.